The zero-order valence-electron chi connectivity index (χ0n) is 15.4. The van der Waals surface area contributed by atoms with Gasteiger partial charge in [0.1, 0.15) is 0 Å². The lowest BCUT2D eigenvalue weighted by molar-refractivity contribution is -0.131. The molecule has 1 fully saturated rings. The van der Waals surface area contributed by atoms with Gasteiger partial charge in [-0.25, -0.2) is 9.97 Å². The molecule has 2 amide bonds. The predicted octanol–water partition coefficient (Wildman–Crippen LogP) is 1.59. The normalized spacial score (nSPS) is 14.0. The number of amides is 2. The van der Waals surface area contributed by atoms with E-state index in [2.05, 4.69) is 25.5 Å². The number of aromatic nitrogens is 2. The Morgan fingerprint density at radius 3 is 2.26 bits per heavy atom. The highest BCUT2D eigenvalue weighted by molar-refractivity contribution is 5.88. The summed E-state index contributed by atoms with van der Waals surface area (Å²) in [5.74, 6) is 0.764. The average Bonchev–Trinajstić information content (AvgIpc) is 2.69. The summed E-state index contributed by atoms with van der Waals surface area (Å²) in [4.78, 5) is 35.9. The second kappa shape index (κ2) is 8.98. The molecule has 1 aromatic heterocycles. The molecule has 8 nitrogen and oxygen atoms in total. The number of anilines is 3. The molecule has 2 aromatic rings. The first-order valence-corrected chi connectivity index (χ1v) is 9.03. The summed E-state index contributed by atoms with van der Waals surface area (Å²) in [6.45, 7) is 4.90. The number of hydrogen-bond donors (Lipinski definition) is 2. The van der Waals surface area contributed by atoms with Crippen molar-refractivity contribution >= 4 is 29.1 Å². The van der Waals surface area contributed by atoms with E-state index in [1.54, 1.807) is 18.5 Å². The van der Waals surface area contributed by atoms with Gasteiger partial charge < -0.3 is 20.4 Å². The van der Waals surface area contributed by atoms with Gasteiger partial charge in [-0.15, -0.1) is 0 Å². The smallest absolute Gasteiger partial charge is 0.225 e. The molecule has 8 heteroatoms. The maximum absolute atomic E-state index is 12.4. The monoisotopic (exact) mass is 368 g/mol. The second-order valence-electron chi connectivity index (χ2n) is 6.35. The fourth-order valence-electron chi connectivity index (χ4n) is 2.96. The van der Waals surface area contributed by atoms with Gasteiger partial charge in [-0.1, -0.05) is 0 Å². The zero-order valence-corrected chi connectivity index (χ0v) is 15.4. The topological polar surface area (TPSA) is 90.5 Å². The van der Waals surface area contributed by atoms with Gasteiger partial charge in [-0.3, -0.25) is 9.59 Å². The third-order valence-electron chi connectivity index (χ3n) is 4.34. The molecule has 0 radical (unpaired) electrons. The lowest BCUT2D eigenvalue weighted by atomic mass is 10.2. The number of carbonyl (C=O) groups is 2. The molecular weight excluding hydrogens is 344 g/mol. The highest BCUT2D eigenvalue weighted by atomic mass is 16.2. The van der Waals surface area contributed by atoms with Gasteiger partial charge in [-0.05, 0) is 30.3 Å². The first-order valence-electron chi connectivity index (χ1n) is 9.03. The molecule has 1 aliphatic heterocycles. The van der Waals surface area contributed by atoms with Crippen LogP contribution in [0.2, 0.25) is 0 Å². The minimum absolute atomic E-state index is 0.0970. The first kappa shape index (κ1) is 18.6. The van der Waals surface area contributed by atoms with Crippen LogP contribution in [0.1, 0.15) is 13.3 Å². The molecule has 1 aromatic carbocycles. The molecule has 2 heterocycles. The molecule has 0 spiro atoms. The number of hydrogen-bond acceptors (Lipinski definition) is 6. The van der Waals surface area contributed by atoms with Crippen molar-refractivity contribution in [3.63, 3.8) is 0 Å². The van der Waals surface area contributed by atoms with E-state index in [1.807, 2.05) is 29.2 Å². The number of carbonyl (C=O) groups excluding carboxylic acids is 2. The Morgan fingerprint density at radius 1 is 1.00 bits per heavy atom. The molecule has 0 atom stereocenters. The minimum Gasteiger partial charge on any atom is -0.385 e. The SMILES string of the molecule is CC(=O)Nc1ccc(NCCC(=O)N2CCN(c3ncccn3)CC2)cc1. The van der Waals surface area contributed by atoms with Crippen LogP contribution in [0.3, 0.4) is 0 Å². The largest absolute Gasteiger partial charge is 0.385 e. The standard InChI is InChI=1S/C19H24N6O2/c1-15(26)23-17-5-3-16(4-6-17)20-10-7-18(27)24-11-13-25(14-12-24)19-21-8-2-9-22-19/h2-6,8-9,20H,7,10-14H2,1H3,(H,23,26). The second-order valence-corrected chi connectivity index (χ2v) is 6.35. The van der Waals surface area contributed by atoms with E-state index in [9.17, 15) is 9.59 Å². The van der Waals surface area contributed by atoms with E-state index in [0.717, 1.165) is 24.5 Å². The Balaban J connectivity index is 1.39. The fraction of sp³-hybridized carbons (Fsp3) is 0.368. The van der Waals surface area contributed by atoms with Gasteiger partial charge in [-0.2, -0.15) is 0 Å². The highest BCUT2D eigenvalue weighted by Gasteiger charge is 2.21. The predicted molar refractivity (Wildman–Crippen MR) is 105 cm³/mol. The highest BCUT2D eigenvalue weighted by Crippen LogP contribution is 2.14. The van der Waals surface area contributed by atoms with Crippen LogP contribution in [0.25, 0.3) is 0 Å². The van der Waals surface area contributed by atoms with Crippen molar-refractivity contribution in [1.82, 2.24) is 14.9 Å². The Labute approximate surface area is 158 Å². The van der Waals surface area contributed by atoms with Gasteiger partial charge in [0.05, 0.1) is 0 Å². The van der Waals surface area contributed by atoms with Gasteiger partial charge in [0, 0.05) is 69.8 Å². The van der Waals surface area contributed by atoms with Crippen LogP contribution in [0.15, 0.2) is 42.7 Å². The van der Waals surface area contributed by atoms with Crippen molar-refractivity contribution in [2.75, 3.05) is 48.3 Å². The van der Waals surface area contributed by atoms with Crippen LogP contribution >= 0.6 is 0 Å². The summed E-state index contributed by atoms with van der Waals surface area (Å²) < 4.78 is 0. The van der Waals surface area contributed by atoms with E-state index in [-0.39, 0.29) is 11.8 Å². The summed E-state index contributed by atoms with van der Waals surface area (Å²) in [5.41, 5.74) is 1.67. The molecule has 0 unspecified atom stereocenters. The van der Waals surface area contributed by atoms with Gasteiger partial charge in [0.2, 0.25) is 17.8 Å². The van der Waals surface area contributed by atoms with Crippen molar-refractivity contribution in [3.8, 4) is 0 Å². The van der Waals surface area contributed by atoms with Crippen LogP contribution in [0.4, 0.5) is 17.3 Å². The maximum atomic E-state index is 12.4. The van der Waals surface area contributed by atoms with E-state index < -0.39 is 0 Å². The molecule has 1 saturated heterocycles. The van der Waals surface area contributed by atoms with Crippen molar-refractivity contribution in [1.29, 1.82) is 0 Å². The summed E-state index contributed by atoms with van der Waals surface area (Å²) in [5, 5.41) is 5.96. The molecule has 0 aliphatic carbocycles. The Kier molecular flexibility index (Phi) is 6.19. The van der Waals surface area contributed by atoms with Crippen LogP contribution in [0, 0.1) is 0 Å². The number of piperazine rings is 1. The maximum Gasteiger partial charge on any atom is 0.225 e. The van der Waals surface area contributed by atoms with Crippen molar-refractivity contribution in [2.24, 2.45) is 0 Å². The van der Waals surface area contributed by atoms with Crippen LogP contribution in [-0.4, -0.2) is 59.4 Å². The third kappa shape index (κ3) is 5.40. The lowest BCUT2D eigenvalue weighted by Crippen LogP contribution is -2.49. The summed E-state index contributed by atoms with van der Waals surface area (Å²) >= 11 is 0. The molecule has 3 rings (SSSR count). The molecular formula is C19H24N6O2. The number of rotatable bonds is 6. The molecule has 2 N–H and O–H groups in total. The summed E-state index contributed by atoms with van der Waals surface area (Å²) in [7, 11) is 0. The van der Waals surface area contributed by atoms with Crippen LogP contribution in [0.5, 0.6) is 0 Å². The first-order chi connectivity index (χ1) is 13.1. The zero-order chi connectivity index (χ0) is 19.1. The third-order valence-corrected chi connectivity index (χ3v) is 4.34. The average molecular weight is 368 g/mol. The van der Waals surface area contributed by atoms with Crippen LogP contribution < -0.4 is 15.5 Å². The van der Waals surface area contributed by atoms with Gasteiger partial charge in [0.25, 0.3) is 0 Å². The molecule has 27 heavy (non-hydrogen) atoms. The van der Waals surface area contributed by atoms with E-state index in [0.29, 0.717) is 32.0 Å². The number of nitrogens with one attached hydrogen (secondary N) is 2. The fourth-order valence-corrected chi connectivity index (χ4v) is 2.96. The van der Waals surface area contributed by atoms with E-state index >= 15 is 0 Å². The van der Waals surface area contributed by atoms with Gasteiger partial charge >= 0.3 is 0 Å². The number of nitrogens with zero attached hydrogens (tertiary/aromatic N) is 4. The summed E-state index contributed by atoms with van der Waals surface area (Å²) in [6, 6.07) is 9.22. The van der Waals surface area contributed by atoms with Crippen molar-refractivity contribution in [2.45, 2.75) is 13.3 Å². The van der Waals surface area contributed by atoms with Gasteiger partial charge in [0.15, 0.2) is 0 Å². The summed E-state index contributed by atoms with van der Waals surface area (Å²) in [6.07, 6.45) is 3.90. The molecule has 142 valence electrons. The quantitative estimate of drug-likeness (QED) is 0.805. The molecule has 0 bridgehead atoms. The van der Waals surface area contributed by atoms with Crippen LogP contribution in [-0.2, 0) is 9.59 Å². The molecule has 0 saturated carbocycles. The number of benzene rings is 1. The molecule has 1 aliphatic rings. The lowest BCUT2D eigenvalue weighted by Gasteiger charge is -2.34. The van der Waals surface area contributed by atoms with Crippen molar-refractivity contribution in [3.05, 3.63) is 42.7 Å². The van der Waals surface area contributed by atoms with E-state index in [1.165, 1.54) is 6.92 Å². The van der Waals surface area contributed by atoms with E-state index in [4.69, 9.17) is 0 Å². The van der Waals surface area contributed by atoms with Crippen molar-refractivity contribution < 1.29 is 9.59 Å². The Hall–Kier alpha value is -3.16. The Bertz CT molecular complexity index is 758. The Morgan fingerprint density at radius 2 is 1.63 bits per heavy atom. The minimum atomic E-state index is -0.0970.